The molecule has 0 bridgehead atoms. The van der Waals surface area contributed by atoms with E-state index in [4.69, 9.17) is 0 Å². The van der Waals surface area contributed by atoms with Gasteiger partial charge < -0.3 is 10.3 Å². The van der Waals surface area contributed by atoms with Gasteiger partial charge in [0.2, 0.25) is 0 Å². The summed E-state index contributed by atoms with van der Waals surface area (Å²) in [6, 6.07) is 5.54. The van der Waals surface area contributed by atoms with Crippen LogP contribution in [0.5, 0.6) is 0 Å². The van der Waals surface area contributed by atoms with Gasteiger partial charge in [-0.1, -0.05) is 18.2 Å². The lowest BCUT2D eigenvalue weighted by molar-refractivity contribution is 0.0942. The fourth-order valence-corrected chi connectivity index (χ4v) is 4.63. The van der Waals surface area contributed by atoms with Crippen LogP contribution >= 0.6 is 0 Å². The highest BCUT2D eigenvalue weighted by molar-refractivity contribution is 7.91. The normalized spacial score (nSPS) is 20.8. The third kappa shape index (κ3) is 2.55. The molecule has 112 valence electrons. The minimum Gasteiger partial charge on any atom is -0.358 e. The minimum absolute atomic E-state index is 0.0408. The lowest BCUT2D eigenvalue weighted by atomic mass is 10.1. The molecule has 21 heavy (non-hydrogen) atoms. The number of aromatic nitrogens is 1. The highest BCUT2D eigenvalue weighted by atomic mass is 32.2. The molecule has 5 nitrogen and oxygen atoms in total. The summed E-state index contributed by atoms with van der Waals surface area (Å²) in [5.74, 6) is -0.00485. The van der Waals surface area contributed by atoms with E-state index >= 15 is 0 Å². The molecule has 1 aromatic heterocycles. The van der Waals surface area contributed by atoms with E-state index in [1.165, 1.54) is 0 Å². The van der Waals surface area contributed by atoms with E-state index in [1.54, 1.807) is 0 Å². The van der Waals surface area contributed by atoms with Gasteiger partial charge in [0.15, 0.2) is 9.84 Å². The van der Waals surface area contributed by atoms with Gasteiger partial charge in [-0.05, 0) is 25.8 Å². The van der Waals surface area contributed by atoms with Gasteiger partial charge in [-0.25, -0.2) is 8.42 Å². The Morgan fingerprint density at radius 3 is 2.76 bits per heavy atom. The Labute approximate surface area is 123 Å². The highest BCUT2D eigenvalue weighted by Crippen LogP contribution is 2.25. The van der Waals surface area contributed by atoms with E-state index in [9.17, 15) is 13.2 Å². The van der Waals surface area contributed by atoms with Gasteiger partial charge in [0.05, 0.1) is 17.1 Å². The molecule has 2 N–H and O–H groups in total. The molecule has 0 saturated carbocycles. The standard InChI is InChI=1S/C15H18N2O3S/c1-9-4-3-5-12-13(10(2)16-14(9)12)15(18)17-11-6-7-21(19,20)8-11/h3-5,11,16H,6-8H2,1-2H3,(H,17,18). The van der Waals surface area contributed by atoms with Gasteiger partial charge in [-0.2, -0.15) is 0 Å². The fourth-order valence-electron chi connectivity index (χ4n) is 2.95. The molecule has 0 spiro atoms. The van der Waals surface area contributed by atoms with Gasteiger partial charge in [-0.15, -0.1) is 0 Å². The van der Waals surface area contributed by atoms with Crippen LogP contribution in [-0.2, 0) is 9.84 Å². The summed E-state index contributed by atoms with van der Waals surface area (Å²) >= 11 is 0. The maximum Gasteiger partial charge on any atom is 0.253 e. The van der Waals surface area contributed by atoms with Gasteiger partial charge >= 0.3 is 0 Å². The molecule has 1 aromatic carbocycles. The number of rotatable bonds is 2. The number of sulfone groups is 1. The Hall–Kier alpha value is -1.82. The predicted octanol–water partition coefficient (Wildman–Crippen LogP) is 1.70. The predicted molar refractivity (Wildman–Crippen MR) is 82.3 cm³/mol. The Balaban J connectivity index is 1.92. The first-order valence-corrected chi connectivity index (χ1v) is 8.79. The number of fused-ring (bicyclic) bond motifs is 1. The molecule has 1 saturated heterocycles. The zero-order valence-electron chi connectivity index (χ0n) is 12.1. The average molecular weight is 306 g/mol. The number of carbonyl (C=O) groups is 1. The largest absolute Gasteiger partial charge is 0.358 e. The second-order valence-electron chi connectivity index (χ2n) is 5.70. The van der Waals surface area contributed by atoms with Crippen LogP contribution in [0.4, 0.5) is 0 Å². The second-order valence-corrected chi connectivity index (χ2v) is 7.92. The van der Waals surface area contributed by atoms with Crippen LogP contribution in [-0.4, -0.2) is 36.9 Å². The lowest BCUT2D eigenvalue weighted by Gasteiger charge is -2.11. The molecule has 1 amide bonds. The minimum atomic E-state index is -2.99. The van der Waals surface area contributed by atoms with Crippen LogP contribution in [0.3, 0.4) is 0 Å². The zero-order chi connectivity index (χ0) is 15.2. The maximum absolute atomic E-state index is 12.5. The summed E-state index contributed by atoms with van der Waals surface area (Å²) in [4.78, 5) is 15.7. The molecule has 1 fully saturated rings. The van der Waals surface area contributed by atoms with Gasteiger partial charge in [0, 0.05) is 22.6 Å². The Bertz CT molecular complexity index is 821. The van der Waals surface area contributed by atoms with Crippen molar-refractivity contribution >= 4 is 26.6 Å². The molecule has 1 aliphatic heterocycles. The van der Waals surface area contributed by atoms with Crippen molar-refractivity contribution in [1.82, 2.24) is 10.3 Å². The topological polar surface area (TPSA) is 79.0 Å². The Kier molecular flexibility index (Phi) is 3.28. The number of aryl methyl sites for hydroxylation is 2. The summed E-state index contributed by atoms with van der Waals surface area (Å²) < 4.78 is 23.0. The lowest BCUT2D eigenvalue weighted by Crippen LogP contribution is -2.35. The van der Waals surface area contributed by atoms with Crippen molar-refractivity contribution in [3.8, 4) is 0 Å². The Morgan fingerprint density at radius 2 is 2.10 bits per heavy atom. The molecule has 2 heterocycles. The average Bonchev–Trinajstić information content (AvgIpc) is 2.90. The number of aromatic amines is 1. The third-order valence-corrected chi connectivity index (χ3v) is 5.79. The summed E-state index contributed by atoms with van der Waals surface area (Å²) in [7, 11) is -2.99. The zero-order valence-corrected chi connectivity index (χ0v) is 12.9. The number of benzene rings is 1. The number of hydrogen-bond acceptors (Lipinski definition) is 3. The van der Waals surface area contributed by atoms with Crippen molar-refractivity contribution in [3.05, 3.63) is 35.0 Å². The highest BCUT2D eigenvalue weighted by Gasteiger charge is 2.30. The number of amides is 1. The summed E-state index contributed by atoms with van der Waals surface area (Å²) in [5, 5.41) is 3.73. The fraction of sp³-hybridized carbons (Fsp3) is 0.400. The van der Waals surface area contributed by atoms with Gasteiger partial charge in [0.25, 0.3) is 5.91 Å². The van der Waals surface area contributed by atoms with Crippen LogP contribution < -0.4 is 5.32 Å². The first-order chi connectivity index (χ1) is 9.87. The van der Waals surface area contributed by atoms with Crippen LogP contribution in [0.25, 0.3) is 10.9 Å². The summed E-state index contributed by atoms with van der Waals surface area (Å²) in [5.41, 5.74) is 3.45. The van der Waals surface area contributed by atoms with E-state index in [0.717, 1.165) is 22.2 Å². The Morgan fingerprint density at radius 1 is 1.33 bits per heavy atom. The maximum atomic E-state index is 12.5. The first kappa shape index (κ1) is 14.1. The third-order valence-electron chi connectivity index (χ3n) is 4.02. The number of hydrogen-bond donors (Lipinski definition) is 2. The van der Waals surface area contributed by atoms with Crippen LogP contribution in [0.2, 0.25) is 0 Å². The number of carbonyl (C=O) groups excluding carboxylic acids is 1. The van der Waals surface area contributed by atoms with Crippen LogP contribution in [0.1, 0.15) is 28.0 Å². The van der Waals surface area contributed by atoms with Crippen molar-refractivity contribution < 1.29 is 13.2 Å². The number of para-hydroxylation sites is 1. The number of H-pyrrole nitrogens is 1. The van der Waals surface area contributed by atoms with Gasteiger partial charge in [-0.3, -0.25) is 4.79 Å². The van der Waals surface area contributed by atoms with Crippen LogP contribution in [0, 0.1) is 13.8 Å². The summed E-state index contributed by atoms with van der Waals surface area (Å²) in [6.07, 6.45) is 0.495. The van der Waals surface area contributed by atoms with E-state index < -0.39 is 9.84 Å². The quantitative estimate of drug-likeness (QED) is 0.886. The molecule has 1 atom stereocenters. The molecule has 1 unspecified atom stereocenters. The van der Waals surface area contributed by atoms with Crippen molar-refractivity contribution in [2.45, 2.75) is 26.3 Å². The molecule has 0 radical (unpaired) electrons. The van der Waals surface area contributed by atoms with Crippen molar-refractivity contribution in [3.63, 3.8) is 0 Å². The monoisotopic (exact) mass is 306 g/mol. The molecule has 3 rings (SSSR count). The molecular formula is C15H18N2O3S. The molecule has 2 aromatic rings. The molecule has 0 aliphatic carbocycles. The van der Waals surface area contributed by atoms with E-state index in [2.05, 4.69) is 10.3 Å². The van der Waals surface area contributed by atoms with Gasteiger partial charge in [0.1, 0.15) is 0 Å². The smallest absolute Gasteiger partial charge is 0.253 e. The van der Waals surface area contributed by atoms with E-state index in [1.807, 2.05) is 32.0 Å². The molecule has 6 heteroatoms. The van der Waals surface area contributed by atoms with Crippen molar-refractivity contribution in [2.24, 2.45) is 0 Å². The second kappa shape index (κ2) is 4.87. The van der Waals surface area contributed by atoms with Crippen molar-refractivity contribution in [2.75, 3.05) is 11.5 Å². The first-order valence-electron chi connectivity index (χ1n) is 6.96. The number of nitrogens with one attached hydrogen (secondary N) is 2. The van der Waals surface area contributed by atoms with E-state index in [-0.39, 0.29) is 23.5 Å². The molecule has 1 aliphatic rings. The van der Waals surface area contributed by atoms with E-state index in [0.29, 0.717) is 12.0 Å². The SMILES string of the molecule is Cc1[nH]c2c(C)cccc2c1C(=O)NC1CCS(=O)(=O)C1. The van der Waals surface area contributed by atoms with Crippen molar-refractivity contribution in [1.29, 1.82) is 0 Å². The van der Waals surface area contributed by atoms with Crippen LogP contribution in [0.15, 0.2) is 18.2 Å². The summed E-state index contributed by atoms with van der Waals surface area (Å²) in [6.45, 7) is 3.85. The molecular weight excluding hydrogens is 288 g/mol.